The van der Waals surface area contributed by atoms with Crippen LogP contribution >= 0.6 is 0 Å². The van der Waals surface area contributed by atoms with Crippen molar-refractivity contribution in [3.63, 3.8) is 0 Å². The summed E-state index contributed by atoms with van der Waals surface area (Å²) in [6.45, 7) is 3.19. The molecular weight excluding hydrogens is 162 g/mol. The lowest BCUT2D eigenvalue weighted by Gasteiger charge is -2.31. The number of likely N-dealkylation sites (tertiary alicyclic amines) is 1. The van der Waals surface area contributed by atoms with Gasteiger partial charge in [-0.05, 0) is 39.9 Å². The van der Waals surface area contributed by atoms with Gasteiger partial charge < -0.3 is 4.90 Å². The fourth-order valence-corrected chi connectivity index (χ4v) is 1.73. The van der Waals surface area contributed by atoms with Gasteiger partial charge in [-0.2, -0.15) is 5.26 Å². The van der Waals surface area contributed by atoms with Crippen LogP contribution in [0.1, 0.15) is 19.3 Å². The maximum Gasteiger partial charge on any atom is 0.0978 e. The summed E-state index contributed by atoms with van der Waals surface area (Å²) in [6.07, 6.45) is 3.53. The molecule has 0 aliphatic carbocycles. The first-order valence-electron chi connectivity index (χ1n) is 5.02. The molecule has 0 N–H and O–H groups in total. The summed E-state index contributed by atoms with van der Waals surface area (Å²) in [5, 5.41) is 8.92. The molecule has 0 aromatic carbocycles. The van der Waals surface area contributed by atoms with Crippen molar-refractivity contribution < 1.29 is 0 Å². The van der Waals surface area contributed by atoms with Gasteiger partial charge in [0.25, 0.3) is 0 Å². The molecule has 0 aromatic heterocycles. The van der Waals surface area contributed by atoms with Crippen molar-refractivity contribution >= 4 is 0 Å². The van der Waals surface area contributed by atoms with Gasteiger partial charge >= 0.3 is 0 Å². The first kappa shape index (κ1) is 10.5. The number of nitriles is 1. The summed E-state index contributed by atoms with van der Waals surface area (Å²) >= 11 is 0. The Kier molecular flexibility index (Phi) is 4.20. The molecule has 1 fully saturated rings. The number of likely N-dealkylation sites (N-methyl/N-ethyl adjacent to an activating group) is 1. The zero-order valence-corrected chi connectivity index (χ0v) is 8.66. The molecule has 0 spiro atoms. The van der Waals surface area contributed by atoms with Gasteiger partial charge in [0.05, 0.1) is 12.1 Å². The van der Waals surface area contributed by atoms with Gasteiger partial charge in [0.2, 0.25) is 0 Å². The molecule has 0 radical (unpaired) electrons. The topological polar surface area (TPSA) is 30.3 Å². The van der Waals surface area contributed by atoms with Crippen LogP contribution in [0, 0.1) is 11.3 Å². The molecule has 1 saturated heterocycles. The largest absolute Gasteiger partial charge is 0.308 e. The van der Waals surface area contributed by atoms with Gasteiger partial charge in [-0.25, -0.2) is 0 Å². The molecule has 1 rings (SSSR count). The van der Waals surface area contributed by atoms with E-state index in [0.29, 0.717) is 0 Å². The molecular formula is C10H19N3. The van der Waals surface area contributed by atoms with Crippen molar-refractivity contribution in [2.24, 2.45) is 0 Å². The summed E-state index contributed by atoms with van der Waals surface area (Å²) in [4.78, 5) is 4.48. The Morgan fingerprint density at radius 3 is 2.85 bits per heavy atom. The van der Waals surface area contributed by atoms with E-state index in [2.05, 4.69) is 30.0 Å². The van der Waals surface area contributed by atoms with Crippen LogP contribution in [0.25, 0.3) is 0 Å². The van der Waals surface area contributed by atoms with E-state index in [4.69, 9.17) is 5.26 Å². The van der Waals surface area contributed by atoms with Crippen molar-refractivity contribution in [2.75, 3.05) is 33.7 Å². The van der Waals surface area contributed by atoms with E-state index < -0.39 is 0 Å². The molecule has 3 nitrogen and oxygen atoms in total. The van der Waals surface area contributed by atoms with Crippen molar-refractivity contribution in [2.45, 2.75) is 25.3 Å². The Bertz CT molecular complexity index is 183. The zero-order valence-electron chi connectivity index (χ0n) is 8.66. The van der Waals surface area contributed by atoms with Gasteiger partial charge in [-0.1, -0.05) is 0 Å². The van der Waals surface area contributed by atoms with Crippen molar-refractivity contribution in [3.05, 3.63) is 0 Å². The highest BCUT2D eigenvalue weighted by atomic mass is 15.2. The highest BCUT2D eigenvalue weighted by Crippen LogP contribution is 2.15. The molecule has 1 aliphatic heterocycles. The van der Waals surface area contributed by atoms with Gasteiger partial charge in [-0.15, -0.1) is 0 Å². The summed E-state index contributed by atoms with van der Waals surface area (Å²) in [6, 6.07) is 2.56. The highest BCUT2D eigenvalue weighted by Gasteiger charge is 2.21. The van der Waals surface area contributed by atoms with Crippen LogP contribution in [0.15, 0.2) is 0 Å². The first-order chi connectivity index (χ1) is 6.24. The number of hydrogen-bond acceptors (Lipinski definition) is 3. The minimum absolute atomic E-state index is 0.175. The van der Waals surface area contributed by atoms with E-state index in [1.165, 1.54) is 12.8 Å². The van der Waals surface area contributed by atoms with E-state index >= 15 is 0 Å². The molecule has 13 heavy (non-hydrogen) atoms. The molecule has 3 heteroatoms. The monoisotopic (exact) mass is 181 g/mol. The van der Waals surface area contributed by atoms with Gasteiger partial charge in [0, 0.05) is 13.1 Å². The van der Waals surface area contributed by atoms with Crippen LogP contribution in [0.5, 0.6) is 0 Å². The molecule has 74 valence electrons. The van der Waals surface area contributed by atoms with E-state index in [1.54, 1.807) is 0 Å². The molecule has 1 aliphatic rings. The fourth-order valence-electron chi connectivity index (χ4n) is 1.73. The minimum atomic E-state index is 0.175. The molecule has 0 amide bonds. The average molecular weight is 181 g/mol. The average Bonchev–Trinajstić information content (AvgIpc) is 2.15. The Morgan fingerprint density at radius 1 is 1.46 bits per heavy atom. The molecule has 1 unspecified atom stereocenters. The molecule has 1 heterocycles. The maximum absolute atomic E-state index is 8.92. The van der Waals surface area contributed by atoms with Crippen LogP contribution in [0.3, 0.4) is 0 Å². The predicted molar refractivity (Wildman–Crippen MR) is 53.4 cm³/mol. The lowest BCUT2D eigenvalue weighted by Crippen LogP contribution is -2.42. The standard InChI is InChI=1S/C10H19N3/c1-12(2)7-8-13-6-4-3-5-10(13)9-11/h10H,3-8H2,1-2H3. The maximum atomic E-state index is 8.92. The summed E-state index contributed by atoms with van der Waals surface area (Å²) in [5.74, 6) is 0. The van der Waals surface area contributed by atoms with E-state index in [9.17, 15) is 0 Å². The quantitative estimate of drug-likeness (QED) is 0.649. The second-order valence-corrected chi connectivity index (χ2v) is 3.98. The van der Waals surface area contributed by atoms with Crippen LogP contribution in [0.2, 0.25) is 0 Å². The van der Waals surface area contributed by atoms with Crippen LogP contribution in [0.4, 0.5) is 0 Å². The molecule has 0 saturated carbocycles. The van der Waals surface area contributed by atoms with E-state index in [0.717, 1.165) is 26.1 Å². The lowest BCUT2D eigenvalue weighted by molar-refractivity contribution is 0.169. The third-order valence-electron chi connectivity index (χ3n) is 2.60. The summed E-state index contributed by atoms with van der Waals surface area (Å²) in [7, 11) is 4.15. The minimum Gasteiger partial charge on any atom is -0.308 e. The third kappa shape index (κ3) is 3.33. The third-order valence-corrected chi connectivity index (χ3v) is 2.60. The second kappa shape index (κ2) is 5.21. The Morgan fingerprint density at radius 2 is 2.23 bits per heavy atom. The van der Waals surface area contributed by atoms with Crippen molar-refractivity contribution in [1.29, 1.82) is 5.26 Å². The van der Waals surface area contributed by atoms with Crippen LogP contribution in [-0.4, -0.2) is 49.6 Å². The lowest BCUT2D eigenvalue weighted by atomic mass is 10.0. The van der Waals surface area contributed by atoms with Crippen LogP contribution < -0.4 is 0 Å². The zero-order chi connectivity index (χ0) is 9.68. The Labute approximate surface area is 80.9 Å². The molecule has 0 aromatic rings. The number of nitrogens with zero attached hydrogens (tertiary/aromatic N) is 3. The number of hydrogen-bond donors (Lipinski definition) is 0. The second-order valence-electron chi connectivity index (χ2n) is 3.98. The van der Waals surface area contributed by atoms with Gasteiger partial charge in [-0.3, -0.25) is 4.90 Å². The van der Waals surface area contributed by atoms with Crippen molar-refractivity contribution in [1.82, 2.24) is 9.80 Å². The molecule has 1 atom stereocenters. The summed E-state index contributed by atoms with van der Waals surface area (Å²) < 4.78 is 0. The molecule has 0 bridgehead atoms. The predicted octanol–water partition coefficient (Wildman–Crippen LogP) is 0.926. The van der Waals surface area contributed by atoms with Crippen LogP contribution in [-0.2, 0) is 0 Å². The smallest absolute Gasteiger partial charge is 0.0978 e. The Hall–Kier alpha value is -0.590. The summed E-state index contributed by atoms with van der Waals surface area (Å²) in [5.41, 5.74) is 0. The number of piperidine rings is 1. The number of rotatable bonds is 3. The Balaban J connectivity index is 2.33. The first-order valence-corrected chi connectivity index (χ1v) is 5.02. The van der Waals surface area contributed by atoms with E-state index in [1.807, 2.05) is 0 Å². The SMILES string of the molecule is CN(C)CCN1CCCCC1C#N. The van der Waals surface area contributed by atoms with Crippen molar-refractivity contribution in [3.8, 4) is 6.07 Å². The normalized spacial score (nSPS) is 24.6. The van der Waals surface area contributed by atoms with E-state index in [-0.39, 0.29) is 6.04 Å². The van der Waals surface area contributed by atoms with Gasteiger partial charge in [0.1, 0.15) is 0 Å². The fraction of sp³-hybridized carbons (Fsp3) is 0.900. The van der Waals surface area contributed by atoms with Gasteiger partial charge in [0.15, 0.2) is 0 Å². The highest BCUT2D eigenvalue weighted by molar-refractivity contribution is 4.94.